The molecule has 8 heteroatoms. The highest BCUT2D eigenvalue weighted by molar-refractivity contribution is 9.10. The van der Waals surface area contributed by atoms with Gasteiger partial charge in [-0.25, -0.2) is 0 Å². The molecule has 0 spiro atoms. The van der Waals surface area contributed by atoms with Gasteiger partial charge in [0.05, 0.1) is 11.1 Å². The van der Waals surface area contributed by atoms with Crippen LogP contribution in [0.15, 0.2) is 46.9 Å². The number of hydrogen-bond acceptors (Lipinski definition) is 4. The van der Waals surface area contributed by atoms with Gasteiger partial charge < -0.3 is 15.0 Å². The standard InChI is InChI=1S/C25H30BrN3O3S/c1-2-3-16-32-22-13-10-19(17-21(22)26)23(30)28-25(33)27-20-11-8-18(9-12-20)24(31)29-14-6-4-5-7-15-29/h8-13,17H,2-7,14-16H2,1H3,(H2,27,28,30,33). The molecule has 1 fully saturated rings. The number of likely N-dealkylation sites (tertiary alicyclic amines) is 1. The Balaban J connectivity index is 1.53. The smallest absolute Gasteiger partial charge is 0.257 e. The molecule has 1 heterocycles. The number of anilines is 1. The lowest BCUT2D eigenvalue weighted by molar-refractivity contribution is 0.0761. The second kappa shape index (κ2) is 12.7. The number of ether oxygens (including phenoxy) is 1. The number of carbonyl (C=O) groups is 2. The lowest BCUT2D eigenvalue weighted by atomic mass is 10.1. The minimum absolute atomic E-state index is 0.0621. The average molecular weight is 533 g/mol. The van der Waals surface area contributed by atoms with Gasteiger partial charge in [-0.3, -0.25) is 14.9 Å². The van der Waals surface area contributed by atoms with Crippen molar-refractivity contribution < 1.29 is 14.3 Å². The van der Waals surface area contributed by atoms with Gasteiger partial charge in [0.2, 0.25) is 0 Å². The van der Waals surface area contributed by atoms with E-state index in [1.165, 1.54) is 12.8 Å². The lowest BCUT2D eigenvalue weighted by Gasteiger charge is -2.20. The molecule has 1 aliphatic rings. The summed E-state index contributed by atoms with van der Waals surface area (Å²) in [5.41, 5.74) is 1.82. The molecular formula is C25H30BrN3O3S. The molecule has 33 heavy (non-hydrogen) atoms. The van der Waals surface area contributed by atoms with Gasteiger partial charge in [-0.1, -0.05) is 26.2 Å². The minimum Gasteiger partial charge on any atom is -0.492 e. The number of benzene rings is 2. The highest BCUT2D eigenvalue weighted by Crippen LogP contribution is 2.26. The number of unbranched alkanes of at least 4 members (excludes halogenated alkanes) is 1. The third-order valence-electron chi connectivity index (χ3n) is 5.46. The molecule has 0 saturated carbocycles. The quantitative estimate of drug-likeness (QED) is 0.350. The molecule has 0 atom stereocenters. The Morgan fingerprint density at radius 1 is 1.03 bits per heavy atom. The van der Waals surface area contributed by atoms with Crippen molar-refractivity contribution >= 4 is 50.8 Å². The monoisotopic (exact) mass is 531 g/mol. The molecule has 6 nitrogen and oxygen atoms in total. The third-order valence-corrected chi connectivity index (χ3v) is 6.28. The van der Waals surface area contributed by atoms with E-state index in [0.717, 1.165) is 43.2 Å². The van der Waals surface area contributed by atoms with Gasteiger partial charge in [0.25, 0.3) is 11.8 Å². The van der Waals surface area contributed by atoms with Crippen LogP contribution in [0.3, 0.4) is 0 Å². The van der Waals surface area contributed by atoms with Crippen LogP contribution in [0.5, 0.6) is 5.75 Å². The van der Waals surface area contributed by atoms with Gasteiger partial charge in [-0.2, -0.15) is 0 Å². The molecule has 2 N–H and O–H groups in total. The van der Waals surface area contributed by atoms with Gasteiger partial charge in [0, 0.05) is 29.9 Å². The number of nitrogens with zero attached hydrogens (tertiary/aromatic N) is 1. The Morgan fingerprint density at radius 2 is 1.70 bits per heavy atom. The first-order chi connectivity index (χ1) is 16.0. The largest absolute Gasteiger partial charge is 0.492 e. The van der Waals surface area contributed by atoms with Crippen LogP contribution in [0.4, 0.5) is 5.69 Å². The van der Waals surface area contributed by atoms with Gasteiger partial charge >= 0.3 is 0 Å². The van der Waals surface area contributed by atoms with E-state index < -0.39 is 0 Å². The van der Waals surface area contributed by atoms with E-state index in [4.69, 9.17) is 17.0 Å². The Morgan fingerprint density at radius 3 is 2.33 bits per heavy atom. The van der Waals surface area contributed by atoms with E-state index in [9.17, 15) is 9.59 Å². The molecule has 1 saturated heterocycles. The summed E-state index contributed by atoms with van der Waals surface area (Å²) in [5.74, 6) is 0.448. The number of hydrogen-bond donors (Lipinski definition) is 2. The van der Waals surface area contributed by atoms with Crippen molar-refractivity contribution in [3.63, 3.8) is 0 Å². The molecule has 0 unspecified atom stereocenters. The molecule has 2 amide bonds. The van der Waals surface area contributed by atoms with Gasteiger partial charge in [-0.05, 0) is 89.9 Å². The van der Waals surface area contributed by atoms with Crippen molar-refractivity contribution in [2.45, 2.75) is 45.4 Å². The Labute approximate surface area is 209 Å². The van der Waals surface area contributed by atoms with Crippen LogP contribution >= 0.6 is 28.1 Å². The molecule has 2 aromatic rings. The van der Waals surface area contributed by atoms with Crippen molar-refractivity contribution in [1.29, 1.82) is 0 Å². The topological polar surface area (TPSA) is 70.7 Å². The van der Waals surface area contributed by atoms with Crippen LogP contribution in [0.2, 0.25) is 0 Å². The average Bonchev–Trinajstić information content (AvgIpc) is 3.10. The molecule has 2 aromatic carbocycles. The molecule has 0 aromatic heterocycles. The Bertz CT molecular complexity index is 973. The summed E-state index contributed by atoms with van der Waals surface area (Å²) in [6, 6.07) is 12.3. The first kappa shape index (κ1) is 25.2. The zero-order valence-corrected chi connectivity index (χ0v) is 21.3. The Hall–Kier alpha value is -2.45. The van der Waals surface area contributed by atoms with Gasteiger partial charge in [0.1, 0.15) is 5.75 Å². The Kier molecular flexibility index (Phi) is 9.69. The van der Waals surface area contributed by atoms with E-state index in [1.807, 2.05) is 4.90 Å². The fraction of sp³-hybridized carbons (Fsp3) is 0.400. The zero-order valence-electron chi connectivity index (χ0n) is 18.9. The number of carbonyl (C=O) groups excluding carboxylic acids is 2. The minimum atomic E-state index is -0.318. The van der Waals surface area contributed by atoms with Gasteiger partial charge in [0.15, 0.2) is 5.11 Å². The number of rotatable bonds is 7. The van der Waals surface area contributed by atoms with Crippen LogP contribution in [0, 0.1) is 0 Å². The SMILES string of the molecule is CCCCOc1ccc(C(=O)NC(=S)Nc2ccc(C(=O)N3CCCCCC3)cc2)cc1Br. The summed E-state index contributed by atoms with van der Waals surface area (Å²) in [4.78, 5) is 27.2. The van der Waals surface area contributed by atoms with Crippen LogP contribution in [-0.4, -0.2) is 41.5 Å². The van der Waals surface area contributed by atoms with Crippen molar-refractivity contribution in [3.8, 4) is 5.75 Å². The highest BCUT2D eigenvalue weighted by Gasteiger charge is 2.17. The number of thiocarbonyl (C=S) groups is 1. The maximum absolute atomic E-state index is 12.7. The predicted molar refractivity (Wildman–Crippen MR) is 139 cm³/mol. The van der Waals surface area contributed by atoms with Crippen LogP contribution in [0.25, 0.3) is 0 Å². The summed E-state index contributed by atoms with van der Waals surface area (Å²) >= 11 is 8.74. The number of nitrogens with one attached hydrogen (secondary N) is 2. The molecule has 0 radical (unpaired) electrons. The van der Waals surface area contributed by atoms with Crippen molar-refractivity contribution in [3.05, 3.63) is 58.1 Å². The summed E-state index contributed by atoms with van der Waals surface area (Å²) < 4.78 is 6.42. The summed E-state index contributed by atoms with van der Waals surface area (Å²) in [5, 5.41) is 5.87. The van der Waals surface area contributed by atoms with E-state index in [0.29, 0.717) is 29.2 Å². The fourth-order valence-corrected chi connectivity index (χ4v) is 4.28. The second-order valence-corrected chi connectivity index (χ2v) is 9.30. The summed E-state index contributed by atoms with van der Waals surface area (Å²) in [6.07, 6.45) is 6.52. The summed E-state index contributed by atoms with van der Waals surface area (Å²) in [6.45, 7) is 4.37. The highest BCUT2D eigenvalue weighted by atomic mass is 79.9. The van der Waals surface area contributed by atoms with Gasteiger partial charge in [-0.15, -0.1) is 0 Å². The fourth-order valence-electron chi connectivity index (χ4n) is 3.58. The van der Waals surface area contributed by atoms with E-state index in [1.54, 1.807) is 42.5 Å². The van der Waals surface area contributed by atoms with E-state index in [-0.39, 0.29) is 16.9 Å². The van der Waals surface area contributed by atoms with Crippen molar-refractivity contribution in [1.82, 2.24) is 10.2 Å². The zero-order chi connectivity index (χ0) is 23.6. The molecule has 176 valence electrons. The van der Waals surface area contributed by atoms with Crippen molar-refractivity contribution in [2.24, 2.45) is 0 Å². The molecular weight excluding hydrogens is 502 g/mol. The van der Waals surface area contributed by atoms with Crippen molar-refractivity contribution in [2.75, 3.05) is 25.0 Å². The number of halogens is 1. The van der Waals surface area contributed by atoms with E-state index in [2.05, 4.69) is 33.5 Å². The molecule has 0 aliphatic carbocycles. The molecule has 3 rings (SSSR count). The van der Waals surface area contributed by atoms with Crippen LogP contribution < -0.4 is 15.4 Å². The number of amides is 2. The predicted octanol–water partition coefficient (Wildman–Crippen LogP) is 5.77. The van der Waals surface area contributed by atoms with Crippen LogP contribution in [0.1, 0.15) is 66.2 Å². The first-order valence-corrected chi connectivity index (χ1v) is 12.6. The first-order valence-electron chi connectivity index (χ1n) is 11.4. The summed E-state index contributed by atoms with van der Waals surface area (Å²) in [7, 11) is 0. The molecule has 1 aliphatic heterocycles. The maximum atomic E-state index is 12.7. The third kappa shape index (κ3) is 7.54. The normalized spacial score (nSPS) is 13.7. The van der Waals surface area contributed by atoms with E-state index >= 15 is 0 Å². The van der Waals surface area contributed by atoms with Crippen LogP contribution in [-0.2, 0) is 0 Å². The second-order valence-electron chi connectivity index (χ2n) is 8.04. The lowest BCUT2D eigenvalue weighted by Crippen LogP contribution is -2.34. The maximum Gasteiger partial charge on any atom is 0.257 e. The molecule has 0 bridgehead atoms.